The number of nitrogens with zero attached hydrogens (tertiary/aromatic N) is 1. The van der Waals surface area contributed by atoms with E-state index in [1.165, 1.54) is 0 Å². The van der Waals surface area contributed by atoms with Crippen LogP contribution in [0.2, 0.25) is 0 Å². The molecule has 0 aliphatic carbocycles. The Morgan fingerprint density at radius 2 is 1.89 bits per heavy atom. The number of hydrogen-bond acceptors (Lipinski definition) is 5. The summed E-state index contributed by atoms with van der Waals surface area (Å²) in [6.07, 6.45) is 0. The Morgan fingerprint density at radius 3 is 2.42 bits per heavy atom. The first-order chi connectivity index (χ1) is 9.00. The molecule has 3 N–H and O–H groups in total. The molecule has 0 saturated carbocycles. The number of aryl methyl sites for hydroxylation is 2. The lowest BCUT2D eigenvalue weighted by atomic mass is 10.1. The summed E-state index contributed by atoms with van der Waals surface area (Å²) in [6, 6.07) is 4.54. The van der Waals surface area contributed by atoms with Crippen LogP contribution in [0, 0.1) is 13.8 Å². The third-order valence-corrected chi connectivity index (χ3v) is 3.26. The average molecular weight is 262 g/mol. The minimum Gasteiger partial charge on any atom is -0.507 e. The van der Waals surface area contributed by atoms with Gasteiger partial charge in [-0.1, -0.05) is 11.2 Å². The van der Waals surface area contributed by atoms with E-state index >= 15 is 0 Å². The molecule has 0 amide bonds. The monoisotopic (exact) mass is 262 g/mol. The summed E-state index contributed by atoms with van der Waals surface area (Å²) in [7, 11) is 0. The molecule has 0 aliphatic heterocycles. The van der Waals surface area contributed by atoms with Crippen LogP contribution in [0.5, 0.6) is 11.5 Å². The van der Waals surface area contributed by atoms with Gasteiger partial charge in [0.1, 0.15) is 17.3 Å². The molecule has 102 valence electrons. The second-order valence-electron chi connectivity index (χ2n) is 4.62. The smallest absolute Gasteiger partial charge is 0.138 e. The lowest BCUT2D eigenvalue weighted by Crippen LogP contribution is -2.19. The molecule has 0 spiro atoms. The van der Waals surface area contributed by atoms with Crippen LogP contribution in [0.1, 0.15) is 35.5 Å². The highest BCUT2D eigenvalue weighted by Crippen LogP contribution is 2.32. The van der Waals surface area contributed by atoms with Gasteiger partial charge in [0.25, 0.3) is 0 Å². The van der Waals surface area contributed by atoms with Crippen molar-refractivity contribution in [2.75, 3.05) is 0 Å². The molecule has 1 heterocycles. The van der Waals surface area contributed by atoms with Crippen LogP contribution in [0.4, 0.5) is 0 Å². The fraction of sp³-hybridized carbons (Fsp3) is 0.357. The number of phenolic OH excluding ortho intramolecular Hbond substituents is 2. The summed E-state index contributed by atoms with van der Waals surface area (Å²) >= 11 is 0. The molecular formula is C14H18N2O3. The van der Waals surface area contributed by atoms with Crippen molar-refractivity contribution in [1.82, 2.24) is 10.5 Å². The molecule has 2 rings (SSSR count). The maximum absolute atomic E-state index is 9.80. The van der Waals surface area contributed by atoms with Crippen LogP contribution < -0.4 is 5.32 Å². The third-order valence-electron chi connectivity index (χ3n) is 3.26. The van der Waals surface area contributed by atoms with Gasteiger partial charge in [0.2, 0.25) is 0 Å². The van der Waals surface area contributed by atoms with E-state index in [-0.39, 0.29) is 17.5 Å². The van der Waals surface area contributed by atoms with Crippen LogP contribution in [0.3, 0.4) is 0 Å². The highest BCUT2D eigenvalue weighted by Gasteiger charge is 2.16. The Hall–Kier alpha value is -2.01. The van der Waals surface area contributed by atoms with Crippen LogP contribution in [0.15, 0.2) is 22.7 Å². The Balaban J connectivity index is 2.12. The summed E-state index contributed by atoms with van der Waals surface area (Å²) in [6.45, 7) is 6.19. The molecule has 0 fully saturated rings. The maximum atomic E-state index is 9.80. The lowest BCUT2D eigenvalue weighted by molar-refractivity contribution is 0.391. The predicted octanol–water partition coefficient (Wildman–Crippen LogP) is 2.55. The number of benzene rings is 1. The molecule has 0 bridgehead atoms. The molecule has 1 unspecified atom stereocenters. The average Bonchev–Trinajstić information content (AvgIpc) is 2.66. The SMILES string of the molecule is Cc1noc(C)c1CNC(C)c1c(O)cccc1O. The van der Waals surface area contributed by atoms with Crippen molar-refractivity contribution in [2.24, 2.45) is 0 Å². The van der Waals surface area contributed by atoms with Gasteiger partial charge in [-0.2, -0.15) is 0 Å². The molecule has 1 aromatic carbocycles. The van der Waals surface area contributed by atoms with Gasteiger partial charge < -0.3 is 20.1 Å². The molecule has 5 heteroatoms. The zero-order valence-corrected chi connectivity index (χ0v) is 11.3. The van der Waals surface area contributed by atoms with E-state index in [9.17, 15) is 10.2 Å². The Morgan fingerprint density at radius 1 is 1.26 bits per heavy atom. The molecule has 0 saturated heterocycles. The van der Waals surface area contributed by atoms with Gasteiger partial charge in [0.15, 0.2) is 0 Å². The molecule has 1 aromatic heterocycles. The fourth-order valence-electron chi connectivity index (χ4n) is 2.10. The molecule has 1 atom stereocenters. The van der Waals surface area contributed by atoms with Crippen molar-refractivity contribution >= 4 is 0 Å². The Bertz CT molecular complexity index is 538. The van der Waals surface area contributed by atoms with E-state index in [2.05, 4.69) is 10.5 Å². The first-order valence-electron chi connectivity index (χ1n) is 6.16. The zero-order valence-electron chi connectivity index (χ0n) is 11.3. The summed E-state index contributed by atoms with van der Waals surface area (Å²) in [5.74, 6) is 0.941. The summed E-state index contributed by atoms with van der Waals surface area (Å²) < 4.78 is 5.09. The van der Waals surface area contributed by atoms with Gasteiger partial charge in [0, 0.05) is 18.2 Å². The molecule has 19 heavy (non-hydrogen) atoms. The number of aromatic nitrogens is 1. The fourth-order valence-corrected chi connectivity index (χ4v) is 2.10. The van der Waals surface area contributed by atoms with Gasteiger partial charge in [-0.3, -0.25) is 0 Å². The zero-order chi connectivity index (χ0) is 14.0. The second kappa shape index (κ2) is 5.32. The van der Waals surface area contributed by atoms with Gasteiger partial charge in [0.05, 0.1) is 11.3 Å². The minimum absolute atomic E-state index is 0.0822. The van der Waals surface area contributed by atoms with Gasteiger partial charge in [-0.05, 0) is 32.9 Å². The largest absolute Gasteiger partial charge is 0.507 e. The molecular weight excluding hydrogens is 244 g/mol. The van der Waals surface area contributed by atoms with Crippen LogP contribution in [0.25, 0.3) is 0 Å². The highest BCUT2D eigenvalue weighted by atomic mass is 16.5. The number of aromatic hydroxyl groups is 2. The summed E-state index contributed by atoms with van der Waals surface area (Å²) in [5, 5.41) is 26.7. The van der Waals surface area contributed by atoms with E-state index in [0.29, 0.717) is 12.1 Å². The van der Waals surface area contributed by atoms with Crippen molar-refractivity contribution in [2.45, 2.75) is 33.4 Å². The maximum Gasteiger partial charge on any atom is 0.138 e. The Kier molecular flexibility index (Phi) is 3.76. The second-order valence-corrected chi connectivity index (χ2v) is 4.62. The van der Waals surface area contributed by atoms with Crippen LogP contribution in [-0.2, 0) is 6.54 Å². The highest BCUT2D eigenvalue weighted by molar-refractivity contribution is 5.45. The minimum atomic E-state index is -0.185. The van der Waals surface area contributed by atoms with Crippen molar-refractivity contribution in [3.8, 4) is 11.5 Å². The normalized spacial score (nSPS) is 12.6. The van der Waals surface area contributed by atoms with Crippen LogP contribution in [-0.4, -0.2) is 15.4 Å². The van der Waals surface area contributed by atoms with Crippen molar-refractivity contribution in [3.05, 3.63) is 40.8 Å². The Labute approximate surface area is 111 Å². The van der Waals surface area contributed by atoms with Crippen LogP contribution >= 0.6 is 0 Å². The first kappa shape index (κ1) is 13.4. The summed E-state index contributed by atoms with van der Waals surface area (Å²) in [4.78, 5) is 0. The number of rotatable bonds is 4. The van der Waals surface area contributed by atoms with E-state index in [0.717, 1.165) is 17.0 Å². The molecule has 2 aromatic rings. The van der Waals surface area contributed by atoms with E-state index in [1.807, 2.05) is 20.8 Å². The van der Waals surface area contributed by atoms with Crippen molar-refractivity contribution in [1.29, 1.82) is 0 Å². The quantitative estimate of drug-likeness (QED) is 0.789. The third kappa shape index (κ3) is 2.71. The number of phenols is 2. The number of hydrogen-bond donors (Lipinski definition) is 3. The standard InChI is InChI=1S/C14H18N2O3/c1-8-11(10(3)19-16-8)7-15-9(2)14-12(17)5-4-6-13(14)18/h4-6,9,15,17-18H,7H2,1-3H3. The number of nitrogens with one attached hydrogen (secondary N) is 1. The molecule has 0 radical (unpaired) electrons. The van der Waals surface area contributed by atoms with E-state index in [4.69, 9.17) is 4.52 Å². The summed E-state index contributed by atoms with van der Waals surface area (Å²) in [5.41, 5.74) is 2.34. The van der Waals surface area contributed by atoms with E-state index < -0.39 is 0 Å². The van der Waals surface area contributed by atoms with E-state index in [1.54, 1.807) is 18.2 Å². The van der Waals surface area contributed by atoms with Crippen molar-refractivity contribution < 1.29 is 14.7 Å². The van der Waals surface area contributed by atoms with Gasteiger partial charge in [-0.15, -0.1) is 0 Å². The lowest BCUT2D eigenvalue weighted by Gasteiger charge is -2.16. The first-order valence-corrected chi connectivity index (χ1v) is 6.16. The van der Waals surface area contributed by atoms with Crippen molar-refractivity contribution in [3.63, 3.8) is 0 Å². The predicted molar refractivity (Wildman–Crippen MR) is 71.0 cm³/mol. The molecule has 5 nitrogen and oxygen atoms in total. The molecule has 0 aliphatic rings. The van der Waals surface area contributed by atoms with Gasteiger partial charge >= 0.3 is 0 Å². The topological polar surface area (TPSA) is 78.5 Å². The van der Waals surface area contributed by atoms with Gasteiger partial charge in [-0.25, -0.2) is 0 Å².